The van der Waals surface area contributed by atoms with E-state index in [4.69, 9.17) is 16.3 Å². The van der Waals surface area contributed by atoms with Gasteiger partial charge in [-0.1, -0.05) is 11.6 Å². The Morgan fingerprint density at radius 3 is 2.88 bits per heavy atom. The molecule has 1 aromatic rings. The minimum Gasteiger partial charge on any atom is -0.461 e. The Bertz CT molecular complexity index is 393. The molecule has 0 radical (unpaired) electrons. The van der Waals surface area contributed by atoms with Gasteiger partial charge in [0.25, 0.3) is 0 Å². The molecule has 2 atom stereocenters. The van der Waals surface area contributed by atoms with Gasteiger partial charge >= 0.3 is 5.97 Å². The van der Waals surface area contributed by atoms with Crippen LogP contribution in [0.15, 0.2) is 12.1 Å². The third-order valence-corrected chi connectivity index (χ3v) is 3.93. The standard InChI is InChI=1S/C11H14ClNO2S/c1-7-5-9(11(14)15-7)13(2)6-8-3-4-10(12)16-8/h3-4,7,9H,5-6H2,1-2H3. The summed E-state index contributed by atoms with van der Waals surface area (Å²) in [6.45, 7) is 2.66. The molecule has 16 heavy (non-hydrogen) atoms. The molecule has 0 saturated carbocycles. The van der Waals surface area contributed by atoms with Crippen LogP contribution in [0.25, 0.3) is 0 Å². The summed E-state index contributed by atoms with van der Waals surface area (Å²) >= 11 is 7.41. The van der Waals surface area contributed by atoms with Gasteiger partial charge in [-0.15, -0.1) is 11.3 Å². The molecular formula is C11H14ClNO2S. The smallest absolute Gasteiger partial charge is 0.323 e. The number of hydrogen-bond donors (Lipinski definition) is 0. The van der Waals surface area contributed by atoms with Crippen molar-refractivity contribution in [2.75, 3.05) is 7.05 Å². The molecular weight excluding hydrogens is 246 g/mol. The Balaban J connectivity index is 1.98. The second kappa shape index (κ2) is 4.73. The van der Waals surface area contributed by atoms with Crippen LogP contribution in [0, 0.1) is 0 Å². The number of nitrogens with zero attached hydrogens (tertiary/aromatic N) is 1. The van der Waals surface area contributed by atoms with Gasteiger partial charge in [0, 0.05) is 17.8 Å². The Morgan fingerprint density at radius 1 is 1.62 bits per heavy atom. The number of halogens is 1. The lowest BCUT2D eigenvalue weighted by molar-refractivity contribution is -0.144. The molecule has 0 bridgehead atoms. The number of esters is 1. The fraction of sp³-hybridized carbons (Fsp3) is 0.545. The van der Waals surface area contributed by atoms with E-state index in [9.17, 15) is 4.79 Å². The molecule has 0 aromatic carbocycles. The maximum atomic E-state index is 11.5. The predicted octanol–water partition coefficient (Wildman–Crippen LogP) is 2.54. The number of likely N-dealkylation sites (N-methyl/N-ethyl adjacent to an activating group) is 1. The van der Waals surface area contributed by atoms with Crippen LogP contribution in [-0.2, 0) is 16.1 Å². The molecule has 1 aromatic heterocycles. The Hall–Kier alpha value is -0.580. The van der Waals surface area contributed by atoms with Crippen molar-refractivity contribution in [3.8, 4) is 0 Å². The molecule has 2 rings (SSSR count). The summed E-state index contributed by atoms with van der Waals surface area (Å²) in [7, 11) is 1.94. The first kappa shape index (κ1) is 11.9. The maximum Gasteiger partial charge on any atom is 0.323 e. The first-order valence-corrected chi connectivity index (χ1v) is 6.40. The minimum absolute atomic E-state index is 0.0341. The Morgan fingerprint density at radius 2 is 2.38 bits per heavy atom. The molecule has 2 heterocycles. The average Bonchev–Trinajstić information content (AvgIpc) is 2.73. The SMILES string of the molecule is CC1CC(N(C)Cc2ccc(Cl)s2)C(=O)O1. The lowest BCUT2D eigenvalue weighted by Gasteiger charge is -2.19. The van der Waals surface area contributed by atoms with E-state index in [1.54, 1.807) is 11.3 Å². The summed E-state index contributed by atoms with van der Waals surface area (Å²) < 4.78 is 5.92. The van der Waals surface area contributed by atoms with E-state index in [1.807, 2.05) is 31.0 Å². The molecule has 0 spiro atoms. The number of ether oxygens (including phenoxy) is 1. The van der Waals surface area contributed by atoms with Crippen molar-refractivity contribution >= 4 is 28.9 Å². The molecule has 0 amide bonds. The monoisotopic (exact) mass is 259 g/mol. The van der Waals surface area contributed by atoms with Crippen LogP contribution < -0.4 is 0 Å². The minimum atomic E-state index is -0.115. The van der Waals surface area contributed by atoms with Crippen molar-refractivity contribution in [2.45, 2.75) is 32.0 Å². The number of carbonyl (C=O) groups excluding carboxylic acids is 1. The van der Waals surface area contributed by atoms with Crippen LogP contribution >= 0.6 is 22.9 Å². The van der Waals surface area contributed by atoms with Crippen LogP contribution in [-0.4, -0.2) is 30.1 Å². The largest absolute Gasteiger partial charge is 0.461 e. The van der Waals surface area contributed by atoms with E-state index in [2.05, 4.69) is 0 Å². The van der Waals surface area contributed by atoms with Crippen LogP contribution in [0.3, 0.4) is 0 Å². The molecule has 0 aliphatic carbocycles. The van der Waals surface area contributed by atoms with Crippen molar-refractivity contribution in [3.63, 3.8) is 0 Å². The van der Waals surface area contributed by atoms with Gasteiger partial charge in [-0.25, -0.2) is 0 Å². The predicted molar refractivity (Wildman–Crippen MR) is 64.8 cm³/mol. The van der Waals surface area contributed by atoms with Crippen molar-refractivity contribution in [2.24, 2.45) is 0 Å². The highest BCUT2D eigenvalue weighted by molar-refractivity contribution is 7.16. The number of carbonyl (C=O) groups is 1. The quantitative estimate of drug-likeness (QED) is 0.782. The lowest BCUT2D eigenvalue weighted by Crippen LogP contribution is -2.34. The lowest BCUT2D eigenvalue weighted by atomic mass is 10.1. The van der Waals surface area contributed by atoms with Gasteiger partial charge in [-0.2, -0.15) is 0 Å². The van der Waals surface area contributed by atoms with Crippen molar-refractivity contribution in [1.29, 1.82) is 0 Å². The molecule has 0 N–H and O–H groups in total. The second-order valence-corrected chi connectivity index (χ2v) is 5.92. The summed E-state index contributed by atoms with van der Waals surface area (Å²) in [4.78, 5) is 14.7. The van der Waals surface area contributed by atoms with Crippen molar-refractivity contribution < 1.29 is 9.53 Å². The topological polar surface area (TPSA) is 29.5 Å². The molecule has 3 nitrogen and oxygen atoms in total. The van der Waals surface area contributed by atoms with Crippen LogP contribution in [0.5, 0.6) is 0 Å². The van der Waals surface area contributed by atoms with Gasteiger partial charge in [0.2, 0.25) is 0 Å². The molecule has 1 fully saturated rings. The zero-order chi connectivity index (χ0) is 11.7. The molecule has 1 aliphatic rings. The normalized spacial score (nSPS) is 25.1. The first-order valence-electron chi connectivity index (χ1n) is 5.21. The number of thiophene rings is 1. The van der Waals surface area contributed by atoms with Gasteiger partial charge in [-0.05, 0) is 26.1 Å². The molecule has 88 valence electrons. The summed E-state index contributed by atoms with van der Waals surface area (Å²) in [5, 5.41) is 0. The zero-order valence-electron chi connectivity index (χ0n) is 9.27. The van der Waals surface area contributed by atoms with Gasteiger partial charge in [0.15, 0.2) is 0 Å². The van der Waals surface area contributed by atoms with Gasteiger partial charge in [-0.3, -0.25) is 9.69 Å². The Labute approximate surface area is 104 Å². The third kappa shape index (κ3) is 2.56. The number of rotatable bonds is 3. The van der Waals surface area contributed by atoms with E-state index in [1.165, 1.54) is 4.88 Å². The molecule has 2 unspecified atom stereocenters. The van der Waals surface area contributed by atoms with Crippen LogP contribution in [0.1, 0.15) is 18.2 Å². The van der Waals surface area contributed by atoms with Gasteiger partial charge in [0.1, 0.15) is 12.1 Å². The zero-order valence-corrected chi connectivity index (χ0v) is 10.8. The molecule has 1 saturated heterocycles. The van der Waals surface area contributed by atoms with E-state index in [0.717, 1.165) is 17.3 Å². The van der Waals surface area contributed by atoms with Crippen LogP contribution in [0.4, 0.5) is 0 Å². The van der Waals surface area contributed by atoms with Crippen molar-refractivity contribution in [3.05, 3.63) is 21.3 Å². The summed E-state index contributed by atoms with van der Waals surface area (Å²) in [6, 6.07) is 3.76. The van der Waals surface area contributed by atoms with Crippen LogP contribution in [0.2, 0.25) is 4.34 Å². The third-order valence-electron chi connectivity index (χ3n) is 2.71. The number of cyclic esters (lactones) is 1. The van der Waals surface area contributed by atoms with Gasteiger partial charge < -0.3 is 4.74 Å². The second-order valence-electron chi connectivity index (χ2n) is 4.12. The van der Waals surface area contributed by atoms with Gasteiger partial charge in [0.05, 0.1) is 4.34 Å². The summed E-state index contributed by atoms with van der Waals surface area (Å²) in [5.41, 5.74) is 0. The highest BCUT2D eigenvalue weighted by Crippen LogP contribution is 2.25. The number of hydrogen-bond acceptors (Lipinski definition) is 4. The fourth-order valence-electron chi connectivity index (χ4n) is 1.89. The maximum absolute atomic E-state index is 11.5. The average molecular weight is 260 g/mol. The Kier molecular flexibility index (Phi) is 3.52. The molecule has 1 aliphatic heterocycles. The van der Waals surface area contributed by atoms with E-state index >= 15 is 0 Å². The molecule has 5 heteroatoms. The first-order chi connectivity index (χ1) is 7.56. The summed E-state index contributed by atoms with van der Waals surface area (Å²) in [6.07, 6.45) is 0.806. The fourth-order valence-corrected chi connectivity index (χ4v) is 3.04. The highest BCUT2D eigenvalue weighted by Gasteiger charge is 2.34. The summed E-state index contributed by atoms with van der Waals surface area (Å²) in [5.74, 6) is -0.113. The van der Waals surface area contributed by atoms with Crippen molar-refractivity contribution in [1.82, 2.24) is 4.90 Å². The van der Waals surface area contributed by atoms with E-state index in [-0.39, 0.29) is 18.1 Å². The van der Waals surface area contributed by atoms with E-state index in [0.29, 0.717) is 0 Å². The van der Waals surface area contributed by atoms with E-state index < -0.39 is 0 Å². The highest BCUT2D eigenvalue weighted by atomic mass is 35.5.